The van der Waals surface area contributed by atoms with Crippen LogP contribution in [-0.4, -0.2) is 74.4 Å². The molecule has 2 fully saturated rings. The van der Waals surface area contributed by atoms with Crippen molar-refractivity contribution in [2.45, 2.75) is 31.8 Å². The molecule has 0 aromatic heterocycles. The van der Waals surface area contributed by atoms with Gasteiger partial charge < -0.3 is 15.0 Å². The molecule has 5 nitrogen and oxygen atoms in total. The zero-order valence-electron chi connectivity index (χ0n) is 12.0. The first-order valence-corrected chi connectivity index (χ1v) is 7.50. The highest BCUT2D eigenvalue weighted by molar-refractivity contribution is 4.91. The lowest BCUT2D eigenvalue weighted by molar-refractivity contribution is 0.0185. The summed E-state index contributed by atoms with van der Waals surface area (Å²) in [7, 11) is 0. The van der Waals surface area contributed by atoms with Crippen LogP contribution in [0, 0.1) is 11.3 Å². The second-order valence-electron chi connectivity index (χ2n) is 5.42. The Morgan fingerprint density at radius 2 is 2.16 bits per heavy atom. The van der Waals surface area contributed by atoms with Crippen molar-refractivity contribution in [3.05, 3.63) is 0 Å². The minimum Gasteiger partial charge on any atom is -0.379 e. The molecule has 0 aromatic rings. The lowest BCUT2D eigenvalue weighted by Crippen LogP contribution is -2.45. The Labute approximate surface area is 116 Å². The van der Waals surface area contributed by atoms with Gasteiger partial charge >= 0.3 is 0 Å². The van der Waals surface area contributed by atoms with Crippen molar-refractivity contribution in [3.8, 4) is 6.07 Å². The molecular weight excluding hydrogens is 240 g/mol. The van der Waals surface area contributed by atoms with Crippen molar-refractivity contribution in [2.75, 3.05) is 52.5 Å². The molecule has 5 heteroatoms. The third kappa shape index (κ3) is 4.43. The molecule has 0 amide bonds. The van der Waals surface area contributed by atoms with E-state index in [0.717, 1.165) is 52.4 Å². The maximum atomic E-state index is 9.03. The molecule has 0 bridgehead atoms. The van der Waals surface area contributed by atoms with E-state index in [1.165, 1.54) is 13.0 Å². The van der Waals surface area contributed by atoms with Crippen molar-refractivity contribution in [3.63, 3.8) is 0 Å². The van der Waals surface area contributed by atoms with E-state index in [2.05, 4.69) is 28.1 Å². The van der Waals surface area contributed by atoms with E-state index in [9.17, 15) is 0 Å². The van der Waals surface area contributed by atoms with Gasteiger partial charge in [0.25, 0.3) is 0 Å². The third-order valence-electron chi connectivity index (χ3n) is 4.15. The van der Waals surface area contributed by atoms with Crippen molar-refractivity contribution < 1.29 is 4.74 Å². The van der Waals surface area contributed by atoms with Gasteiger partial charge in [-0.2, -0.15) is 5.26 Å². The smallest absolute Gasteiger partial charge is 0.0965 e. The number of ether oxygens (including phenoxy) is 1. The summed E-state index contributed by atoms with van der Waals surface area (Å²) in [5.41, 5.74) is 0. The van der Waals surface area contributed by atoms with E-state index in [1.807, 2.05) is 0 Å². The molecule has 1 N–H and O–H groups in total. The highest BCUT2D eigenvalue weighted by atomic mass is 16.5. The second-order valence-corrected chi connectivity index (χ2v) is 5.42. The molecule has 108 valence electrons. The van der Waals surface area contributed by atoms with Crippen molar-refractivity contribution in [1.29, 1.82) is 5.26 Å². The third-order valence-corrected chi connectivity index (χ3v) is 4.15. The van der Waals surface area contributed by atoms with Crippen LogP contribution in [0.1, 0.15) is 19.8 Å². The first-order valence-electron chi connectivity index (χ1n) is 7.50. The molecule has 2 aliphatic heterocycles. The Kier molecular flexibility index (Phi) is 6.05. The normalized spacial score (nSPS) is 27.3. The summed E-state index contributed by atoms with van der Waals surface area (Å²) in [5.74, 6) is 0. The Hall–Kier alpha value is -0.670. The molecule has 2 rings (SSSR count). The minimum atomic E-state index is 0.00689. The van der Waals surface area contributed by atoms with Crippen LogP contribution < -0.4 is 5.32 Å². The lowest BCUT2D eigenvalue weighted by Gasteiger charge is -2.32. The first-order chi connectivity index (χ1) is 9.33. The number of hydrogen-bond acceptors (Lipinski definition) is 5. The van der Waals surface area contributed by atoms with Crippen LogP contribution in [0.25, 0.3) is 0 Å². The van der Waals surface area contributed by atoms with Crippen molar-refractivity contribution in [1.82, 2.24) is 15.1 Å². The number of nitrogens with zero attached hydrogens (tertiary/aromatic N) is 3. The van der Waals surface area contributed by atoms with Crippen LogP contribution in [0.4, 0.5) is 0 Å². The standard InChI is InChI=1S/C14H26N4O/c1-2-16-13(11-15)3-5-17-6-4-14(12-17)18-7-9-19-10-8-18/h13-14,16H,2-10,12H2,1H3. The highest BCUT2D eigenvalue weighted by Crippen LogP contribution is 2.17. The Morgan fingerprint density at radius 3 is 2.84 bits per heavy atom. The fourth-order valence-corrected chi connectivity index (χ4v) is 3.03. The van der Waals surface area contributed by atoms with E-state index >= 15 is 0 Å². The molecule has 0 saturated carbocycles. The van der Waals surface area contributed by atoms with Crippen LogP contribution in [0.15, 0.2) is 0 Å². The van der Waals surface area contributed by atoms with Crippen LogP contribution in [-0.2, 0) is 4.74 Å². The van der Waals surface area contributed by atoms with Gasteiger partial charge in [-0.15, -0.1) is 0 Å². The van der Waals surface area contributed by atoms with Crippen molar-refractivity contribution in [2.24, 2.45) is 0 Å². The summed E-state index contributed by atoms with van der Waals surface area (Å²) in [6.45, 7) is 10.2. The van der Waals surface area contributed by atoms with Crippen LogP contribution >= 0.6 is 0 Å². The Balaban J connectivity index is 1.68. The number of rotatable bonds is 6. The first kappa shape index (κ1) is 14.7. The minimum absolute atomic E-state index is 0.00689. The van der Waals surface area contributed by atoms with Gasteiger partial charge in [-0.05, 0) is 25.9 Å². The second kappa shape index (κ2) is 7.81. The summed E-state index contributed by atoms with van der Waals surface area (Å²) < 4.78 is 5.41. The van der Waals surface area contributed by atoms with Gasteiger partial charge in [0.1, 0.15) is 0 Å². The van der Waals surface area contributed by atoms with Gasteiger partial charge in [-0.1, -0.05) is 6.92 Å². The number of hydrogen-bond donors (Lipinski definition) is 1. The quantitative estimate of drug-likeness (QED) is 0.748. The van der Waals surface area contributed by atoms with Crippen LogP contribution in [0.5, 0.6) is 0 Å². The molecule has 0 radical (unpaired) electrons. The van der Waals surface area contributed by atoms with E-state index in [0.29, 0.717) is 6.04 Å². The van der Waals surface area contributed by atoms with E-state index in [1.54, 1.807) is 0 Å². The SMILES string of the molecule is CCNC(C#N)CCN1CCC(N2CCOCC2)C1. The zero-order valence-corrected chi connectivity index (χ0v) is 12.0. The number of likely N-dealkylation sites (tertiary alicyclic amines) is 1. The van der Waals surface area contributed by atoms with E-state index in [4.69, 9.17) is 10.00 Å². The van der Waals surface area contributed by atoms with Gasteiger partial charge in [0.2, 0.25) is 0 Å². The molecule has 0 aliphatic carbocycles. The predicted molar refractivity (Wildman–Crippen MR) is 74.9 cm³/mol. The molecule has 2 saturated heterocycles. The number of nitrogens with one attached hydrogen (secondary N) is 1. The summed E-state index contributed by atoms with van der Waals surface area (Å²) in [5, 5.41) is 12.2. The largest absolute Gasteiger partial charge is 0.379 e. The summed E-state index contributed by atoms with van der Waals surface area (Å²) in [6.07, 6.45) is 2.19. The number of nitriles is 1. The van der Waals surface area contributed by atoms with Crippen LogP contribution in [0.2, 0.25) is 0 Å². The van der Waals surface area contributed by atoms with Gasteiger partial charge in [0.15, 0.2) is 0 Å². The molecule has 2 heterocycles. The summed E-state index contributed by atoms with van der Waals surface area (Å²) in [6, 6.07) is 3.04. The molecule has 19 heavy (non-hydrogen) atoms. The predicted octanol–water partition coefficient (Wildman–Crippen LogP) is 0.285. The highest BCUT2D eigenvalue weighted by Gasteiger charge is 2.28. The maximum absolute atomic E-state index is 9.03. The fraction of sp³-hybridized carbons (Fsp3) is 0.929. The molecule has 0 spiro atoms. The van der Waals surface area contributed by atoms with Gasteiger partial charge in [0, 0.05) is 32.2 Å². The summed E-state index contributed by atoms with van der Waals surface area (Å²) in [4.78, 5) is 5.07. The number of morpholine rings is 1. The lowest BCUT2D eigenvalue weighted by atomic mass is 10.2. The van der Waals surface area contributed by atoms with Gasteiger partial charge in [-0.3, -0.25) is 4.90 Å². The topological polar surface area (TPSA) is 51.5 Å². The molecule has 0 aromatic carbocycles. The average molecular weight is 266 g/mol. The van der Waals surface area contributed by atoms with Crippen LogP contribution in [0.3, 0.4) is 0 Å². The van der Waals surface area contributed by atoms with Gasteiger partial charge in [-0.25, -0.2) is 0 Å². The molecule has 2 aliphatic rings. The van der Waals surface area contributed by atoms with Gasteiger partial charge in [0.05, 0.1) is 25.3 Å². The Morgan fingerprint density at radius 1 is 1.37 bits per heavy atom. The van der Waals surface area contributed by atoms with Crippen molar-refractivity contribution >= 4 is 0 Å². The Bertz CT molecular complexity index is 298. The zero-order chi connectivity index (χ0) is 13.5. The molecular formula is C14H26N4O. The maximum Gasteiger partial charge on any atom is 0.0965 e. The monoisotopic (exact) mass is 266 g/mol. The van der Waals surface area contributed by atoms with E-state index in [-0.39, 0.29) is 6.04 Å². The fourth-order valence-electron chi connectivity index (χ4n) is 3.03. The van der Waals surface area contributed by atoms with E-state index < -0.39 is 0 Å². The summed E-state index contributed by atoms with van der Waals surface area (Å²) >= 11 is 0. The molecule has 2 atom stereocenters. The molecule has 2 unspecified atom stereocenters. The average Bonchev–Trinajstić information content (AvgIpc) is 2.93.